The Balaban J connectivity index is -0.0000000277. The van der Waals surface area contributed by atoms with Crippen molar-refractivity contribution >= 4 is 30.4 Å². The summed E-state index contributed by atoms with van der Waals surface area (Å²) in [5, 5.41) is 0. The van der Waals surface area contributed by atoms with Gasteiger partial charge >= 0.3 is 88.7 Å². The topological polar surface area (TPSA) is 172 Å². The molecule has 0 aliphatic rings. The largest absolute Gasteiger partial charge is 1.00 e. The van der Waals surface area contributed by atoms with E-state index in [0.29, 0.717) is 18.8 Å². The molecule has 0 atom stereocenters. The first-order chi connectivity index (χ1) is 6.00. The van der Waals surface area contributed by atoms with Crippen LogP contribution < -0.4 is 88.7 Å². The molecule has 0 aromatic rings. The van der Waals surface area contributed by atoms with Crippen molar-refractivity contribution in [3.8, 4) is 0 Å². The molecular weight excluding hydrogens is 345 g/mol. The molecule has 0 saturated carbocycles. The van der Waals surface area contributed by atoms with Gasteiger partial charge in [-0.1, -0.05) is 0 Å². The molecule has 0 aromatic heterocycles. The summed E-state index contributed by atoms with van der Waals surface area (Å²) in [5.41, 5.74) is 0. The summed E-state index contributed by atoms with van der Waals surface area (Å²) in [7, 11) is -11.8. The van der Waals surface area contributed by atoms with Crippen LogP contribution in [0.2, 0.25) is 0 Å². The van der Waals surface area contributed by atoms with Crippen molar-refractivity contribution in [2.24, 2.45) is 0 Å². The molecule has 0 aliphatic heterocycles. The molecule has 9 nitrogen and oxygen atoms in total. The first kappa shape index (κ1) is 37.2. The number of hydrogen-bond acceptors (Lipinski definition) is 9. The van der Waals surface area contributed by atoms with E-state index in [2.05, 4.69) is 0 Å². The van der Waals surface area contributed by atoms with E-state index in [9.17, 15) is 0 Å². The van der Waals surface area contributed by atoms with Crippen molar-refractivity contribution < 1.29 is 128 Å². The Morgan fingerprint density at radius 1 is 0.500 bits per heavy atom. The van der Waals surface area contributed by atoms with Gasteiger partial charge in [0.1, 0.15) is 0 Å². The average Bonchev–Trinajstić information content (AvgIpc) is 1.41. The van der Waals surface area contributed by atoms with Gasteiger partial charge in [-0.25, -0.2) is 25.3 Å². The predicted molar refractivity (Wildman–Crippen MR) is 46.9 cm³/mol. The second kappa shape index (κ2) is 16.1. The summed E-state index contributed by atoms with van der Waals surface area (Å²) in [6, 6.07) is 0. The van der Waals surface area contributed by atoms with E-state index in [1.54, 1.807) is 0 Å². The van der Waals surface area contributed by atoms with Crippen molar-refractivity contribution in [2.75, 3.05) is 18.8 Å². The van der Waals surface area contributed by atoms with Crippen molar-refractivity contribution in [3.63, 3.8) is 0 Å². The molecule has 0 amide bonds. The van der Waals surface area contributed by atoms with E-state index in [1.165, 1.54) is 0 Å². The van der Waals surface area contributed by atoms with Gasteiger partial charge in [0.2, 0.25) is 0 Å². The maximum atomic E-state index is 9.08. The number of hydrogen-bond donors (Lipinski definition) is 0. The van der Waals surface area contributed by atoms with E-state index < -0.39 is 30.4 Å². The molecule has 96 valence electrons. The van der Waals surface area contributed by atoms with Crippen LogP contribution in [0.15, 0.2) is 0 Å². The standard InChI is InChI=1S/3CH4O3S.3Na/c3*1-5(2,3)4;;;/h3*1H3,(H,2,3,4);;;/q;;;3*+1/p-3. The second-order valence-corrected chi connectivity index (χ2v) is 6.34. The maximum absolute atomic E-state index is 9.08. The Kier molecular flexibility index (Phi) is 33.3. The van der Waals surface area contributed by atoms with Crippen LogP contribution in [0.1, 0.15) is 0 Å². The Labute approximate surface area is 174 Å². The minimum Gasteiger partial charge on any atom is -0.748 e. The third kappa shape index (κ3) is 790. The second-order valence-electron chi connectivity index (χ2n) is 2.11. The van der Waals surface area contributed by atoms with Crippen LogP contribution in [0.4, 0.5) is 0 Å². The summed E-state index contributed by atoms with van der Waals surface area (Å²) >= 11 is 0. The van der Waals surface area contributed by atoms with E-state index in [0.717, 1.165) is 0 Å². The van der Waals surface area contributed by atoms with Crippen LogP contribution in [0.5, 0.6) is 0 Å². The van der Waals surface area contributed by atoms with Crippen LogP contribution in [-0.2, 0) is 30.4 Å². The smallest absolute Gasteiger partial charge is 0.748 e. The quantitative estimate of drug-likeness (QED) is 0.302. The fraction of sp³-hybridized carbons (Fsp3) is 1.00. The molecule has 0 aliphatic carbocycles. The van der Waals surface area contributed by atoms with Gasteiger partial charge in [-0.15, -0.1) is 0 Å². The van der Waals surface area contributed by atoms with Crippen LogP contribution in [0.3, 0.4) is 0 Å². The van der Waals surface area contributed by atoms with E-state index in [1.807, 2.05) is 0 Å². The third-order valence-corrected chi connectivity index (χ3v) is 0. The monoisotopic (exact) mass is 354 g/mol. The minimum absolute atomic E-state index is 0. The molecule has 0 N–H and O–H groups in total. The Morgan fingerprint density at radius 2 is 0.500 bits per heavy atom. The molecule has 0 bridgehead atoms. The van der Waals surface area contributed by atoms with Gasteiger partial charge < -0.3 is 13.7 Å². The SMILES string of the molecule is CS(=O)(=O)[O-].CS(=O)(=O)[O-].CS(=O)(=O)[O-].[Na+].[Na+].[Na+]. The first-order valence-electron chi connectivity index (χ1n) is 2.72. The normalized spacial score (nSPS) is 9.67. The Hall–Kier alpha value is 2.73. The Morgan fingerprint density at radius 3 is 0.500 bits per heavy atom. The van der Waals surface area contributed by atoms with E-state index >= 15 is 0 Å². The fourth-order valence-electron chi connectivity index (χ4n) is 0. The first-order valence-corrected chi connectivity index (χ1v) is 8.17. The Bertz CT molecular complexity index is 353. The van der Waals surface area contributed by atoms with Crippen LogP contribution >= 0.6 is 0 Å². The molecule has 0 unspecified atom stereocenters. The molecule has 0 heterocycles. The summed E-state index contributed by atoms with van der Waals surface area (Å²) in [4.78, 5) is 0. The number of rotatable bonds is 0. The minimum atomic E-state index is -3.92. The summed E-state index contributed by atoms with van der Waals surface area (Å²) in [6.45, 7) is 0. The fourth-order valence-corrected chi connectivity index (χ4v) is 0. The maximum Gasteiger partial charge on any atom is 1.00 e. The van der Waals surface area contributed by atoms with Gasteiger partial charge in [-0.3, -0.25) is 0 Å². The van der Waals surface area contributed by atoms with Gasteiger partial charge in [-0.05, 0) is 0 Å². The van der Waals surface area contributed by atoms with E-state index in [4.69, 9.17) is 38.9 Å². The molecule has 18 heavy (non-hydrogen) atoms. The zero-order chi connectivity index (χ0) is 13.5. The van der Waals surface area contributed by atoms with Gasteiger partial charge in [0, 0.05) is 18.8 Å². The van der Waals surface area contributed by atoms with Crippen LogP contribution in [0, 0.1) is 0 Å². The van der Waals surface area contributed by atoms with Crippen molar-refractivity contribution in [1.29, 1.82) is 0 Å². The molecule has 15 heteroatoms. The molecule has 0 radical (unpaired) electrons. The zero-order valence-corrected chi connectivity index (χ0v) is 19.3. The summed E-state index contributed by atoms with van der Waals surface area (Å²) < 4.78 is 81.7. The third-order valence-electron chi connectivity index (χ3n) is 0. The summed E-state index contributed by atoms with van der Waals surface area (Å²) in [6.07, 6.45) is 1.81. The van der Waals surface area contributed by atoms with Gasteiger partial charge in [-0.2, -0.15) is 0 Å². The van der Waals surface area contributed by atoms with Gasteiger partial charge in [0.15, 0.2) is 0 Å². The molecule has 0 rings (SSSR count). The van der Waals surface area contributed by atoms with Crippen LogP contribution in [0.25, 0.3) is 0 Å². The predicted octanol–water partition coefficient (Wildman–Crippen LogP) is -11.5. The van der Waals surface area contributed by atoms with Gasteiger partial charge in [0.05, 0.1) is 30.4 Å². The molecule has 0 aromatic carbocycles. The van der Waals surface area contributed by atoms with Gasteiger partial charge in [0.25, 0.3) is 0 Å². The molecule has 0 fully saturated rings. The summed E-state index contributed by atoms with van der Waals surface area (Å²) in [5.74, 6) is 0. The average molecular weight is 354 g/mol. The zero-order valence-electron chi connectivity index (χ0n) is 10.9. The molecule has 0 saturated heterocycles. The van der Waals surface area contributed by atoms with Crippen molar-refractivity contribution in [1.82, 2.24) is 0 Å². The van der Waals surface area contributed by atoms with Crippen LogP contribution in [-0.4, -0.2) is 57.7 Å². The van der Waals surface area contributed by atoms with Crippen molar-refractivity contribution in [3.05, 3.63) is 0 Å². The van der Waals surface area contributed by atoms with Crippen molar-refractivity contribution in [2.45, 2.75) is 0 Å². The molecular formula is C3H9Na3O9S3. The van der Waals surface area contributed by atoms with E-state index in [-0.39, 0.29) is 88.7 Å². The molecule has 0 spiro atoms.